The summed E-state index contributed by atoms with van der Waals surface area (Å²) in [4.78, 5) is 18.7. The number of hydrogen-bond donors (Lipinski definition) is 1. The van der Waals surface area contributed by atoms with Crippen LogP contribution in [0.15, 0.2) is 18.3 Å². The van der Waals surface area contributed by atoms with Gasteiger partial charge >= 0.3 is 0 Å². The average molecular weight is 305 g/mol. The van der Waals surface area contributed by atoms with Gasteiger partial charge in [-0.25, -0.2) is 4.98 Å². The molecule has 122 valence electrons. The number of aromatic nitrogens is 1. The van der Waals surface area contributed by atoms with Crippen molar-refractivity contribution in [1.29, 1.82) is 0 Å². The Hall–Kier alpha value is -1.62. The van der Waals surface area contributed by atoms with Gasteiger partial charge in [0, 0.05) is 44.9 Å². The summed E-state index contributed by atoms with van der Waals surface area (Å²) in [6, 6.07) is 3.99. The van der Waals surface area contributed by atoms with Crippen LogP contribution < -0.4 is 10.2 Å². The van der Waals surface area contributed by atoms with Gasteiger partial charge in [0.05, 0.1) is 6.61 Å². The predicted octanol–water partition coefficient (Wildman–Crippen LogP) is 2.50. The van der Waals surface area contributed by atoms with E-state index >= 15 is 0 Å². The van der Waals surface area contributed by atoms with Crippen LogP contribution >= 0.6 is 0 Å². The molecule has 5 heteroatoms. The molecule has 1 aliphatic rings. The number of hydrogen-bond acceptors (Lipinski definition) is 4. The molecule has 1 fully saturated rings. The van der Waals surface area contributed by atoms with Crippen molar-refractivity contribution >= 4 is 11.7 Å². The van der Waals surface area contributed by atoms with Gasteiger partial charge in [-0.05, 0) is 18.9 Å². The highest BCUT2D eigenvalue weighted by molar-refractivity contribution is 5.76. The van der Waals surface area contributed by atoms with Gasteiger partial charge in [-0.1, -0.05) is 25.3 Å². The first-order valence-electron chi connectivity index (χ1n) is 8.25. The van der Waals surface area contributed by atoms with E-state index in [2.05, 4.69) is 21.3 Å². The second kappa shape index (κ2) is 9.41. The van der Waals surface area contributed by atoms with Crippen molar-refractivity contribution in [1.82, 2.24) is 10.3 Å². The number of rotatable bonds is 6. The summed E-state index contributed by atoms with van der Waals surface area (Å²) in [5.74, 6) is 1.04. The van der Waals surface area contributed by atoms with Gasteiger partial charge in [0.2, 0.25) is 5.91 Å². The lowest BCUT2D eigenvalue weighted by atomic mass is 10.1. The van der Waals surface area contributed by atoms with Crippen LogP contribution in [0.4, 0.5) is 5.82 Å². The molecule has 5 nitrogen and oxygen atoms in total. The van der Waals surface area contributed by atoms with Gasteiger partial charge in [0.15, 0.2) is 0 Å². The fourth-order valence-corrected chi connectivity index (χ4v) is 2.79. The maximum absolute atomic E-state index is 11.7. The first kappa shape index (κ1) is 16.7. The van der Waals surface area contributed by atoms with Crippen molar-refractivity contribution in [2.45, 2.75) is 45.1 Å². The van der Waals surface area contributed by atoms with E-state index in [9.17, 15) is 4.79 Å². The molecule has 0 radical (unpaired) electrons. The normalized spacial score (nSPS) is 16.0. The van der Waals surface area contributed by atoms with Gasteiger partial charge < -0.3 is 15.0 Å². The minimum absolute atomic E-state index is 0.0179. The van der Waals surface area contributed by atoms with Gasteiger partial charge in [-0.2, -0.15) is 0 Å². The Morgan fingerprint density at radius 1 is 1.27 bits per heavy atom. The lowest BCUT2D eigenvalue weighted by Crippen LogP contribution is -2.30. The molecule has 0 aliphatic carbocycles. The minimum Gasteiger partial charge on any atom is -0.384 e. The number of amides is 1. The number of pyridine rings is 1. The topological polar surface area (TPSA) is 54.5 Å². The van der Waals surface area contributed by atoms with Crippen LogP contribution in [0, 0.1) is 0 Å². The van der Waals surface area contributed by atoms with Gasteiger partial charge in [-0.15, -0.1) is 0 Å². The molecular weight excluding hydrogens is 278 g/mol. The van der Waals surface area contributed by atoms with Crippen LogP contribution in [0.25, 0.3) is 0 Å². The Bertz CT molecular complexity index is 457. The van der Waals surface area contributed by atoms with Gasteiger partial charge in [0.25, 0.3) is 0 Å². The molecule has 1 aliphatic heterocycles. The summed E-state index contributed by atoms with van der Waals surface area (Å²) < 4.78 is 4.93. The van der Waals surface area contributed by atoms with Gasteiger partial charge in [0.1, 0.15) is 5.82 Å². The number of carbonyl (C=O) groups is 1. The van der Waals surface area contributed by atoms with Crippen molar-refractivity contribution in [2.24, 2.45) is 0 Å². The molecule has 1 saturated heterocycles. The summed E-state index contributed by atoms with van der Waals surface area (Å²) in [5.41, 5.74) is 1.09. The third kappa shape index (κ3) is 5.30. The molecule has 0 aromatic carbocycles. The number of methoxy groups -OCH3 is 1. The van der Waals surface area contributed by atoms with E-state index in [1.807, 2.05) is 12.3 Å². The monoisotopic (exact) mass is 305 g/mol. The molecule has 0 saturated carbocycles. The zero-order valence-electron chi connectivity index (χ0n) is 13.5. The molecule has 0 spiro atoms. The zero-order valence-corrected chi connectivity index (χ0v) is 13.5. The Balaban J connectivity index is 1.97. The fourth-order valence-electron chi connectivity index (χ4n) is 2.79. The summed E-state index contributed by atoms with van der Waals surface area (Å²) >= 11 is 0. The van der Waals surface area contributed by atoms with Crippen molar-refractivity contribution in [3.63, 3.8) is 0 Å². The van der Waals surface area contributed by atoms with Gasteiger partial charge in [-0.3, -0.25) is 4.79 Å². The minimum atomic E-state index is 0.0179. The maximum atomic E-state index is 11.7. The zero-order chi connectivity index (χ0) is 15.6. The molecule has 0 unspecified atom stereocenters. The molecule has 0 bridgehead atoms. The molecule has 22 heavy (non-hydrogen) atoms. The van der Waals surface area contributed by atoms with E-state index in [-0.39, 0.29) is 5.91 Å². The maximum Gasteiger partial charge on any atom is 0.222 e. The second-order valence-corrected chi connectivity index (χ2v) is 5.76. The van der Waals surface area contributed by atoms with E-state index in [1.165, 1.54) is 32.1 Å². The number of carbonyl (C=O) groups excluding carboxylic acids is 1. The molecule has 1 aromatic rings. The Morgan fingerprint density at radius 2 is 2.00 bits per heavy atom. The van der Waals surface area contributed by atoms with E-state index in [0.29, 0.717) is 19.6 Å². The first-order valence-corrected chi connectivity index (χ1v) is 8.25. The van der Waals surface area contributed by atoms with Crippen molar-refractivity contribution < 1.29 is 9.53 Å². The quantitative estimate of drug-likeness (QED) is 0.877. The number of nitrogens with one attached hydrogen (secondary N) is 1. The molecule has 2 rings (SSSR count). The lowest BCUT2D eigenvalue weighted by Gasteiger charge is -2.27. The smallest absolute Gasteiger partial charge is 0.222 e. The van der Waals surface area contributed by atoms with Crippen LogP contribution in [-0.4, -0.2) is 37.7 Å². The van der Waals surface area contributed by atoms with Crippen LogP contribution in [-0.2, 0) is 16.1 Å². The third-order valence-electron chi connectivity index (χ3n) is 4.03. The number of anilines is 1. The molecule has 2 heterocycles. The molecule has 1 N–H and O–H groups in total. The Morgan fingerprint density at radius 3 is 2.73 bits per heavy atom. The Labute approximate surface area is 133 Å². The molecule has 0 atom stereocenters. The van der Waals surface area contributed by atoms with E-state index < -0.39 is 0 Å². The van der Waals surface area contributed by atoms with Crippen LogP contribution in [0.2, 0.25) is 0 Å². The van der Waals surface area contributed by atoms with E-state index in [0.717, 1.165) is 24.5 Å². The van der Waals surface area contributed by atoms with Crippen molar-refractivity contribution in [3.05, 3.63) is 23.9 Å². The first-order chi connectivity index (χ1) is 10.8. The van der Waals surface area contributed by atoms with Crippen LogP contribution in [0.1, 0.15) is 44.1 Å². The third-order valence-corrected chi connectivity index (χ3v) is 4.03. The standard InChI is InChI=1S/C17H27N3O2/c1-22-13-9-16(21)19-14-15-8-7-10-18-17(15)20-11-5-3-2-4-6-12-20/h7-8,10H,2-6,9,11-14H2,1H3,(H,19,21). The number of nitrogens with zero attached hydrogens (tertiary/aromatic N) is 2. The highest BCUT2D eigenvalue weighted by atomic mass is 16.5. The van der Waals surface area contributed by atoms with Crippen LogP contribution in [0.5, 0.6) is 0 Å². The summed E-state index contributed by atoms with van der Waals surface area (Å²) in [6.45, 7) is 3.10. The molecule has 1 aromatic heterocycles. The van der Waals surface area contributed by atoms with Crippen LogP contribution in [0.3, 0.4) is 0 Å². The lowest BCUT2D eigenvalue weighted by molar-refractivity contribution is -0.122. The van der Waals surface area contributed by atoms with Crippen molar-refractivity contribution in [3.8, 4) is 0 Å². The number of ether oxygens (including phenoxy) is 1. The average Bonchev–Trinajstić information content (AvgIpc) is 2.51. The predicted molar refractivity (Wildman–Crippen MR) is 87.9 cm³/mol. The largest absolute Gasteiger partial charge is 0.384 e. The fraction of sp³-hybridized carbons (Fsp3) is 0.647. The summed E-state index contributed by atoms with van der Waals surface area (Å²) in [5, 5.41) is 2.96. The summed E-state index contributed by atoms with van der Waals surface area (Å²) in [7, 11) is 1.61. The highest BCUT2D eigenvalue weighted by Gasteiger charge is 2.14. The summed E-state index contributed by atoms with van der Waals surface area (Å²) in [6.07, 6.45) is 8.61. The highest BCUT2D eigenvalue weighted by Crippen LogP contribution is 2.21. The van der Waals surface area contributed by atoms with E-state index in [4.69, 9.17) is 4.74 Å². The SMILES string of the molecule is COCCC(=O)NCc1cccnc1N1CCCCCCC1. The second-order valence-electron chi connectivity index (χ2n) is 5.76. The Kier molecular flexibility index (Phi) is 7.16. The van der Waals surface area contributed by atoms with E-state index in [1.54, 1.807) is 7.11 Å². The van der Waals surface area contributed by atoms with Crippen molar-refractivity contribution in [2.75, 3.05) is 31.7 Å². The molecule has 1 amide bonds. The molecular formula is C17H27N3O2.